The van der Waals surface area contributed by atoms with E-state index < -0.39 is 11.6 Å². The predicted molar refractivity (Wildman–Crippen MR) is 81.5 cm³/mol. The number of urea groups is 1. The van der Waals surface area contributed by atoms with E-state index in [2.05, 4.69) is 21.2 Å². The normalized spacial score (nSPS) is 16.2. The maximum Gasteiger partial charge on any atom is 0.329 e. The number of halogens is 1. The zero-order valence-electron chi connectivity index (χ0n) is 11.9. The number of carboxylic acids is 1. The third kappa shape index (κ3) is 4.18. The molecule has 1 heterocycles. The lowest BCUT2D eigenvalue weighted by Gasteiger charge is -2.46. The van der Waals surface area contributed by atoms with Crippen LogP contribution in [0.1, 0.15) is 12.5 Å². The van der Waals surface area contributed by atoms with Gasteiger partial charge in [0.2, 0.25) is 0 Å². The number of carbonyl (C=O) groups excluding carboxylic acids is 1. The van der Waals surface area contributed by atoms with E-state index in [-0.39, 0.29) is 12.6 Å². The minimum atomic E-state index is -1.01. The van der Waals surface area contributed by atoms with Crippen LogP contribution < -0.4 is 5.32 Å². The average molecular weight is 357 g/mol. The molecule has 7 heteroatoms. The molecule has 0 bridgehead atoms. The summed E-state index contributed by atoms with van der Waals surface area (Å²) in [6.07, 6.45) is 0. The second-order valence-corrected chi connectivity index (χ2v) is 6.35. The Labute approximate surface area is 131 Å². The van der Waals surface area contributed by atoms with Crippen LogP contribution in [0.2, 0.25) is 0 Å². The van der Waals surface area contributed by atoms with Gasteiger partial charge < -0.3 is 20.1 Å². The first-order valence-electron chi connectivity index (χ1n) is 6.46. The number of aryl methyl sites for hydroxylation is 1. The molecule has 1 fully saturated rings. The molecule has 114 valence electrons. The van der Waals surface area contributed by atoms with Gasteiger partial charge in [-0.25, -0.2) is 9.59 Å². The van der Waals surface area contributed by atoms with Gasteiger partial charge in [0.05, 0.1) is 13.1 Å². The van der Waals surface area contributed by atoms with Crippen molar-refractivity contribution in [2.24, 2.45) is 0 Å². The van der Waals surface area contributed by atoms with Crippen LogP contribution in [0.4, 0.5) is 10.5 Å². The molecule has 0 aromatic heterocycles. The lowest BCUT2D eigenvalue weighted by atomic mass is 9.97. The Morgan fingerprint density at radius 1 is 1.43 bits per heavy atom. The number of hydrogen-bond donors (Lipinski definition) is 2. The maximum absolute atomic E-state index is 12.1. The number of ether oxygens (including phenoxy) is 1. The standard InChI is InChI=1S/C14H17BrN2O4/c1-9-3-10(15)5-11(4-9)16-13(20)17-7-14(2,8-17)21-6-12(18)19/h3-5H,6-8H2,1-2H3,(H,16,20)(H,18,19). The molecule has 1 saturated heterocycles. The van der Waals surface area contributed by atoms with Crippen molar-refractivity contribution in [3.8, 4) is 0 Å². The molecule has 21 heavy (non-hydrogen) atoms. The van der Waals surface area contributed by atoms with Crippen LogP contribution in [0, 0.1) is 6.92 Å². The molecule has 0 saturated carbocycles. The molecule has 2 rings (SSSR count). The van der Waals surface area contributed by atoms with Crippen LogP contribution in [0.15, 0.2) is 22.7 Å². The third-order valence-electron chi connectivity index (χ3n) is 3.18. The van der Waals surface area contributed by atoms with Crippen LogP contribution in [-0.2, 0) is 9.53 Å². The third-order valence-corrected chi connectivity index (χ3v) is 3.63. The number of anilines is 1. The number of nitrogens with zero attached hydrogens (tertiary/aromatic N) is 1. The molecule has 2 N–H and O–H groups in total. The highest BCUT2D eigenvalue weighted by molar-refractivity contribution is 9.10. The van der Waals surface area contributed by atoms with Crippen LogP contribution in [0.3, 0.4) is 0 Å². The van der Waals surface area contributed by atoms with Gasteiger partial charge in [0.15, 0.2) is 0 Å². The predicted octanol–water partition coefficient (Wildman–Crippen LogP) is 2.46. The Morgan fingerprint density at radius 3 is 2.67 bits per heavy atom. The van der Waals surface area contributed by atoms with Gasteiger partial charge in [0, 0.05) is 10.2 Å². The highest BCUT2D eigenvalue weighted by Gasteiger charge is 2.42. The van der Waals surface area contributed by atoms with E-state index in [4.69, 9.17) is 9.84 Å². The fourth-order valence-electron chi connectivity index (χ4n) is 2.24. The summed E-state index contributed by atoms with van der Waals surface area (Å²) >= 11 is 3.38. The van der Waals surface area contributed by atoms with E-state index in [1.807, 2.05) is 25.1 Å². The van der Waals surface area contributed by atoms with Crippen molar-refractivity contribution in [3.05, 3.63) is 28.2 Å². The summed E-state index contributed by atoms with van der Waals surface area (Å²) in [5.74, 6) is -1.01. The van der Waals surface area contributed by atoms with Crippen molar-refractivity contribution in [2.75, 3.05) is 25.0 Å². The van der Waals surface area contributed by atoms with Gasteiger partial charge >= 0.3 is 12.0 Å². The Balaban J connectivity index is 1.87. The summed E-state index contributed by atoms with van der Waals surface area (Å²) in [4.78, 5) is 24.1. The molecule has 1 aromatic carbocycles. The molecule has 1 aromatic rings. The van der Waals surface area contributed by atoms with Crippen molar-refractivity contribution in [3.63, 3.8) is 0 Å². The van der Waals surface area contributed by atoms with Gasteiger partial charge in [-0.1, -0.05) is 15.9 Å². The number of aliphatic carboxylic acids is 1. The topological polar surface area (TPSA) is 78.9 Å². The molecule has 2 amide bonds. The average Bonchev–Trinajstić information content (AvgIpc) is 2.31. The highest BCUT2D eigenvalue weighted by Crippen LogP contribution is 2.26. The van der Waals surface area contributed by atoms with E-state index >= 15 is 0 Å². The molecule has 0 spiro atoms. The number of rotatable bonds is 4. The van der Waals surface area contributed by atoms with Gasteiger partial charge in [-0.3, -0.25) is 0 Å². The first kappa shape index (κ1) is 15.8. The molecule has 1 aliphatic rings. The van der Waals surface area contributed by atoms with Crippen LogP contribution >= 0.6 is 15.9 Å². The molecule has 0 aliphatic carbocycles. The molecular weight excluding hydrogens is 340 g/mol. The Morgan fingerprint density at radius 2 is 2.10 bits per heavy atom. The van der Waals surface area contributed by atoms with Crippen molar-refractivity contribution in [1.29, 1.82) is 0 Å². The van der Waals surface area contributed by atoms with E-state index in [9.17, 15) is 9.59 Å². The second kappa shape index (κ2) is 6.03. The van der Waals surface area contributed by atoms with Gasteiger partial charge in [-0.2, -0.15) is 0 Å². The Hall–Kier alpha value is -1.60. The zero-order chi connectivity index (χ0) is 15.6. The summed E-state index contributed by atoms with van der Waals surface area (Å²) in [7, 11) is 0. The van der Waals surface area contributed by atoms with Crippen LogP contribution in [0.25, 0.3) is 0 Å². The number of carboxylic acid groups (broad SMARTS) is 1. The van der Waals surface area contributed by atoms with Gasteiger partial charge in [0.25, 0.3) is 0 Å². The number of nitrogens with one attached hydrogen (secondary N) is 1. The first-order valence-corrected chi connectivity index (χ1v) is 7.26. The minimum absolute atomic E-state index is 0.219. The lowest BCUT2D eigenvalue weighted by Crippen LogP contribution is -2.64. The van der Waals surface area contributed by atoms with Crippen molar-refractivity contribution >= 4 is 33.6 Å². The summed E-state index contributed by atoms with van der Waals surface area (Å²) < 4.78 is 6.17. The van der Waals surface area contributed by atoms with E-state index in [1.54, 1.807) is 11.8 Å². The molecule has 0 unspecified atom stereocenters. The van der Waals surface area contributed by atoms with E-state index in [0.717, 1.165) is 10.0 Å². The molecule has 6 nitrogen and oxygen atoms in total. The molecule has 0 radical (unpaired) electrons. The monoisotopic (exact) mass is 356 g/mol. The zero-order valence-corrected chi connectivity index (χ0v) is 13.4. The number of benzene rings is 1. The fraction of sp³-hybridized carbons (Fsp3) is 0.429. The Kier molecular flexibility index (Phi) is 4.53. The SMILES string of the molecule is Cc1cc(Br)cc(NC(=O)N2CC(C)(OCC(=O)O)C2)c1. The van der Waals surface area contributed by atoms with E-state index in [0.29, 0.717) is 18.8 Å². The van der Waals surface area contributed by atoms with Crippen LogP contribution in [0.5, 0.6) is 0 Å². The second-order valence-electron chi connectivity index (χ2n) is 5.44. The quantitative estimate of drug-likeness (QED) is 0.868. The first-order chi connectivity index (χ1) is 9.77. The Bertz CT molecular complexity index is 550. The van der Waals surface area contributed by atoms with Gasteiger partial charge in [-0.05, 0) is 37.6 Å². The van der Waals surface area contributed by atoms with Crippen molar-refractivity contribution in [1.82, 2.24) is 4.90 Å². The fourth-order valence-corrected chi connectivity index (χ4v) is 2.85. The van der Waals surface area contributed by atoms with Crippen molar-refractivity contribution < 1.29 is 19.4 Å². The largest absolute Gasteiger partial charge is 0.480 e. The highest BCUT2D eigenvalue weighted by atomic mass is 79.9. The molecule has 1 aliphatic heterocycles. The molecule has 0 atom stereocenters. The minimum Gasteiger partial charge on any atom is -0.480 e. The van der Waals surface area contributed by atoms with E-state index in [1.165, 1.54) is 0 Å². The van der Waals surface area contributed by atoms with Crippen LogP contribution in [-0.4, -0.2) is 47.3 Å². The number of carbonyl (C=O) groups is 2. The van der Waals surface area contributed by atoms with Crippen molar-refractivity contribution in [2.45, 2.75) is 19.4 Å². The maximum atomic E-state index is 12.1. The summed E-state index contributed by atoms with van der Waals surface area (Å²) in [6.45, 7) is 4.14. The number of amides is 2. The smallest absolute Gasteiger partial charge is 0.329 e. The molecular formula is C14H17BrN2O4. The van der Waals surface area contributed by atoms with Gasteiger partial charge in [-0.15, -0.1) is 0 Å². The lowest BCUT2D eigenvalue weighted by molar-refractivity contribution is -0.159. The van der Waals surface area contributed by atoms with Gasteiger partial charge in [0.1, 0.15) is 12.2 Å². The number of likely N-dealkylation sites (tertiary alicyclic amines) is 1. The number of hydrogen-bond acceptors (Lipinski definition) is 3. The summed E-state index contributed by atoms with van der Waals surface area (Å²) in [5.41, 5.74) is 1.17. The summed E-state index contributed by atoms with van der Waals surface area (Å²) in [6, 6.07) is 5.44. The summed E-state index contributed by atoms with van der Waals surface area (Å²) in [5, 5.41) is 11.4.